The summed E-state index contributed by atoms with van der Waals surface area (Å²) in [5.41, 5.74) is 0. The molecule has 0 radical (unpaired) electrons. The first kappa shape index (κ1) is 85.6. The van der Waals surface area contributed by atoms with Gasteiger partial charge in [0.05, 0.1) is 6.61 Å². The molecule has 0 saturated carbocycles. The number of carbonyl (C=O) groups excluding carboxylic acids is 2. The maximum absolute atomic E-state index is 12.4. The third kappa shape index (κ3) is 76.1. The van der Waals surface area contributed by atoms with E-state index in [0.717, 1.165) is 51.4 Å². The van der Waals surface area contributed by atoms with Crippen LogP contribution in [0.1, 0.15) is 438 Å². The molecule has 0 saturated heterocycles. The van der Waals surface area contributed by atoms with Crippen LogP contribution in [0.2, 0.25) is 0 Å². The van der Waals surface area contributed by atoms with Gasteiger partial charge in [-0.1, -0.05) is 402 Å². The van der Waals surface area contributed by atoms with Gasteiger partial charge in [0.2, 0.25) is 0 Å². The van der Waals surface area contributed by atoms with E-state index in [1.807, 2.05) is 0 Å². The third-order valence-corrected chi connectivity index (χ3v) is 18.3. The highest BCUT2D eigenvalue weighted by Gasteiger charge is 2.16. The molecule has 1 N–H and O–H groups in total. The normalized spacial score (nSPS) is 12.4. The number of ether oxygens (including phenoxy) is 2. The van der Waals surface area contributed by atoms with Gasteiger partial charge in [0.1, 0.15) is 6.61 Å². The van der Waals surface area contributed by atoms with Crippen molar-refractivity contribution >= 4 is 11.9 Å². The Kier molecular flexibility index (Phi) is 76.7. The molecule has 0 aromatic rings. The Bertz CT molecular complexity index is 1490. The van der Waals surface area contributed by atoms with Crippen molar-refractivity contribution in [2.24, 2.45) is 0 Å². The Morgan fingerprint density at radius 1 is 0.261 bits per heavy atom. The van der Waals surface area contributed by atoms with E-state index in [0.29, 0.717) is 12.8 Å². The SMILES string of the molecule is CCCCCCC/C=C\C/C=C\C/C=C\CCCCCCCCCCCCCCCCCCCCC(=O)OC(CO)COC(=O)CCCCCCCCCCCCCCCCCCCCCCCCCCCCCCC/C=C\C/C=C\CCCCCCC. The lowest BCUT2D eigenvalue weighted by Gasteiger charge is -2.15. The maximum Gasteiger partial charge on any atom is 0.306 e. The van der Waals surface area contributed by atoms with E-state index in [9.17, 15) is 14.7 Å². The molecule has 0 fully saturated rings. The van der Waals surface area contributed by atoms with Crippen LogP contribution < -0.4 is 0 Å². The molecule has 0 aliphatic heterocycles. The van der Waals surface area contributed by atoms with Gasteiger partial charge < -0.3 is 14.6 Å². The van der Waals surface area contributed by atoms with Crippen LogP contribution in [0.5, 0.6) is 0 Å². The Hall–Kier alpha value is -2.40. The van der Waals surface area contributed by atoms with Crippen molar-refractivity contribution in [3.05, 3.63) is 60.8 Å². The molecule has 88 heavy (non-hydrogen) atoms. The number of esters is 2. The summed E-state index contributed by atoms with van der Waals surface area (Å²) >= 11 is 0. The molecule has 0 aromatic carbocycles. The molecule has 516 valence electrons. The van der Waals surface area contributed by atoms with Crippen LogP contribution in [-0.4, -0.2) is 36.4 Å². The molecule has 5 heteroatoms. The Morgan fingerprint density at radius 3 is 0.682 bits per heavy atom. The fourth-order valence-electron chi connectivity index (χ4n) is 12.3. The summed E-state index contributed by atoms with van der Waals surface area (Å²) in [7, 11) is 0. The Balaban J connectivity index is 3.37. The zero-order chi connectivity index (χ0) is 63.3. The van der Waals surface area contributed by atoms with Gasteiger partial charge in [0.15, 0.2) is 6.10 Å². The first-order chi connectivity index (χ1) is 43.6. The van der Waals surface area contributed by atoms with Crippen molar-refractivity contribution in [3.8, 4) is 0 Å². The number of allylic oxidation sites excluding steroid dienone is 10. The summed E-state index contributed by atoms with van der Waals surface area (Å²) in [6.45, 7) is 4.18. The highest BCUT2D eigenvalue weighted by atomic mass is 16.6. The summed E-state index contributed by atoms with van der Waals surface area (Å²) in [5.74, 6) is -0.566. The second-order valence-corrected chi connectivity index (χ2v) is 27.1. The Morgan fingerprint density at radius 2 is 0.455 bits per heavy atom. The first-order valence-electron chi connectivity index (χ1n) is 39.8. The number of carbonyl (C=O) groups is 2. The molecule has 1 unspecified atom stereocenters. The minimum Gasteiger partial charge on any atom is -0.462 e. The lowest BCUT2D eigenvalue weighted by Crippen LogP contribution is -2.28. The van der Waals surface area contributed by atoms with Gasteiger partial charge in [-0.25, -0.2) is 0 Å². The van der Waals surface area contributed by atoms with Crippen molar-refractivity contribution in [2.75, 3.05) is 13.2 Å². The molecular weight excluding hydrogens is 1080 g/mol. The zero-order valence-corrected chi connectivity index (χ0v) is 59.5. The van der Waals surface area contributed by atoms with Crippen LogP contribution in [0.25, 0.3) is 0 Å². The minimum absolute atomic E-state index is 0.0603. The molecule has 0 rings (SSSR count). The van der Waals surface area contributed by atoms with E-state index in [1.165, 1.54) is 360 Å². The molecule has 0 aromatic heterocycles. The number of aliphatic hydroxyl groups excluding tert-OH is 1. The van der Waals surface area contributed by atoms with Gasteiger partial charge in [0, 0.05) is 12.8 Å². The number of hydrogen-bond donors (Lipinski definition) is 1. The van der Waals surface area contributed by atoms with Crippen molar-refractivity contribution in [3.63, 3.8) is 0 Å². The number of unbranched alkanes of at least 4 members (excludes halogenated alkanes) is 57. The van der Waals surface area contributed by atoms with Crippen LogP contribution in [0.15, 0.2) is 60.8 Å². The lowest BCUT2D eigenvalue weighted by atomic mass is 10.0. The average Bonchev–Trinajstić information content (AvgIpc) is 3.56. The molecule has 0 aliphatic rings. The maximum atomic E-state index is 12.4. The second kappa shape index (κ2) is 78.8. The lowest BCUT2D eigenvalue weighted by molar-refractivity contribution is -0.161. The predicted molar refractivity (Wildman–Crippen MR) is 390 cm³/mol. The van der Waals surface area contributed by atoms with E-state index < -0.39 is 6.10 Å². The van der Waals surface area contributed by atoms with Gasteiger partial charge in [-0.2, -0.15) is 0 Å². The highest BCUT2D eigenvalue weighted by molar-refractivity contribution is 5.70. The largest absolute Gasteiger partial charge is 0.462 e. The second-order valence-electron chi connectivity index (χ2n) is 27.1. The summed E-state index contributed by atoms with van der Waals surface area (Å²) in [4.78, 5) is 24.7. The van der Waals surface area contributed by atoms with Crippen molar-refractivity contribution in [1.29, 1.82) is 0 Å². The van der Waals surface area contributed by atoms with E-state index in [4.69, 9.17) is 9.47 Å². The molecule has 0 aliphatic carbocycles. The summed E-state index contributed by atoms with van der Waals surface area (Å²) in [6, 6.07) is 0. The standard InChI is InChI=1S/C83H154O5/c1-3-5-7-9-11-13-15-17-19-21-23-25-27-29-31-33-35-37-38-39-40-41-42-43-44-46-47-49-51-53-55-57-59-61-63-65-67-69-71-73-75-77-82(85)87-80-81(79-84)88-83(86)78-76-74-72-70-68-66-64-62-60-58-56-54-52-50-48-45-36-34-32-30-28-26-24-22-20-18-16-14-12-10-8-6-4-2/h15-18,21-24,28,30,81,84H,3-14,19-20,25-27,29,31-80H2,1-2H3/b17-15-,18-16-,23-21-,24-22-,30-28-. The van der Waals surface area contributed by atoms with Gasteiger partial charge in [-0.05, 0) is 83.5 Å². The third-order valence-electron chi connectivity index (χ3n) is 18.3. The van der Waals surface area contributed by atoms with Crippen LogP contribution in [0.4, 0.5) is 0 Å². The monoisotopic (exact) mass is 1230 g/mol. The summed E-state index contributed by atoms with van der Waals surface area (Å²) in [6.07, 6.45) is 109. The molecule has 0 amide bonds. The topological polar surface area (TPSA) is 72.8 Å². The molecule has 1 atom stereocenters. The van der Waals surface area contributed by atoms with Crippen LogP contribution >= 0.6 is 0 Å². The molecular formula is C83H154O5. The van der Waals surface area contributed by atoms with Gasteiger partial charge in [-0.3, -0.25) is 9.59 Å². The fourth-order valence-corrected chi connectivity index (χ4v) is 12.3. The van der Waals surface area contributed by atoms with Gasteiger partial charge in [-0.15, -0.1) is 0 Å². The van der Waals surface area contributed by atoms with E-state index in [1.54, 1.807) is 0 Å². The van der Waals surface area contributed by atoms with Crippen LogP contribution in [0, 0.1) is 0 Å². The molecule has 0 spiro atoms. The van der Waals surface area contributed by atoms with Gasteiger partial charge >= 0.3 is 11.9 Å². The quantitative estimate of drug-likeness (QED) is 0.0373. The van der Waals surface area contributed by atoms with Crippen LogP contribution in [0.3, 0.4) is 0 Å². The van der Waals surface area contributed by atoms with E-state index in [2.05, 4.69) is 74.6 Å². The van der Waals surface area contributed by atoms with E-state index >= 15 is 0 Å². The number of rotatable bonds is 75. The summed E-state index contributed by atoms with van der Waals surface area (Å²) < 4.78 is 10.8. The molecule has 5 nitrogen and oxygen atoms in total. The highest BCUT2D eigenvalue weighted by Crippen LogP contribution is 2.20. The smallest absolute Gasteiger partial charge is 0.306 e. The number of hydrogen-bond acceptors (Lipinski definition) is 5. The fraction of sp³-hybridized carbons (Fsp3) is 0.855. The van der Waals surface area contributed by atoms with Crippen molar-refractivity contribution in [1.82, 2.24) is 0 Å². The van der Waals surface area contributed by atoms with Crippen LogP contribution in [-0.2, 0) is 19.1 Å². The average molecular weight is 1230 g/mol. The van der Waals surface area contributed by atoms with Crippen molar-refractivity contribution in [2.45, 2.75) is 444 Å². The van der Waals surface area contributed by atoms with E-state index in [-0.39, 0.29) is 25.2 Å². The molecule has 0 heterocycles. The first-order valence-corrected chi connectivity index (χ1v) is 39.8. The zero-order valence-electron chi connectivity index (χ0n) is 59.5. The molecule has 0 bridgehead atoms. The minimum atomic E-state index is -0.772. The number of aliphatic hydroxyl groups is 1. The Labute approximate surface area is 551 Å². The predicted octanol–water partition coefficient (Wildman–Crippen LogP) is 28.0. The van der Waals surface area contributed by atoms with Gasteiger partial charge in [0.25, 0.3) is 0 Å². The summed E-state index contributed by atoms with van der Waals surface area (Å²) in [5, 5.41) is 9.73. The van der Waals surface area contributed by atoms with Crippen molar-refractivity contribution < 1.29 is 24.2 Å².